The van der Waals surface area contributed by atoms with Crippen LogP contribution in [0.5, 0.6) is 0 Å². The van der Waals surface area contributed by atoms with Gasteiger partial charge in [0.2, 0.25) is 5.91 Å². The van der Waals surface area contributed by atoms with Gasteiger partial charge in [0.15, 0.2) is 5.84 Å². The largest absolute Gasteiger partial charge is 0.409 e. The molecular formula is C12H23N3O2S. The molecule has 1 aliphatic rings. The normalized spacial score (nSPS) is 20.2. The first-order valence-electron chi connectivity index (χ1n) is 6.42. The van der Waals surface area contributed by atoms with Crippen LogP contribution < -0.4 is 11.1 Å². The second-order valence-corrected chi connectivity index (χ2v) is 5.76. The van der Waals surface area contributed by atoms with Crippen LogP contribution in [0, 0.1) is 0 Å². The maximum absolute atomic E-state index is 11.9. The van der Waals surface area contributed by atoms with Crippen LogP contribution in [0.4, 0.5) is 0 Å². The molecular weight excluding hydrogens is 250 g/mol. The van der Waals surface area contributed by atoms with Crippen LogP contribution in [0.25, 0.3) is 0 Å². The lowest BCUT2D eigenvalue weighted by atomic mass is 9.88. The number of nitrogens with one attached hydrogen (secondary N) is 1. The van der Waals surface area contributed by atoms with Crippen LogP contribution in [0.2, 0.25) is 0 Å². The molecule has 0 aromatic heterocycles. The zero-order chi connectivity index (χ0) is 13.4. The van der Waals surface area contributed by atoms with E-state index in [1.807, 2.05) is 6.26 Å². The summed E-state index contributed by atoms with van der Waals surface area (Å²) >= 11 is 1.64. The smallest absolute Gasteiger partial charge is 0.221 e. The minimum Gasteiger partial charge on any atom is -0.409 e. The standard InChI is InChI=1S/C12H23N3O2S/c1-18-9-6-10(16)14-12(11(13)15-17)7-4-2-3-5-8-12/h17H,2-9H2,1H3,(H2,13,15)(H,14,16). The fourth-order valence-corrected chi connectivity index (χ4v) is 2.79. The maximum atomic E-state index is 11.9. The van der Waals surface area contributed by atoms with Crippen LogP contribution in [0.3, 0.4) is 0 Å². The molecule has 1 saturated carbocycles. The third-order valence-electron chi connectivity index (χ3n) is 3.47. The Morgan fingerprint density at radius 2 is 2.00 bits per heavy atom. The highest BCUT2D eigenvalue weighted by atomic mass is 32.2. The van der Waals surface area contributed by atoms with Crippen LogP contribution in [-0.2, 0) is 4.79 Å². The first-order valence-corrected chi connectivity index (χ1v) is 7.82. The lowest BCUT2D eigenvalue weighted by Gasteiger charge is -2.32. The Bertz CT molecular complexity index is 300. The number of hydrogen-bond donors (Lipinski definition) is 3. The number of thioether (sulfide) groups is 1. The van der Waals surface area contributed by atoms with Crippen molar-refractivity contribution in [3.8, 4) is 0 Å². The fourth-order valence-electron chi connectivity index (χ4n) is 2.40. The van der Waals surface area contributed by atoms with Crippen molar-refractivity contribution < 1.29 is 10.0 Å². The van der Waals surface area contributed by atoms with E-state index in [0.717, 1.165) is 44.3 Å². The topological polar surface area (TPSA) is 87.7 Å². The van der Waals surface area contributed by atoms with Crippen LogP contribution in [0.1, 0.15) is 44.9 Å². The van der Waals surface area contributed by atoms with Crippen molar-refractivity contribution in [3.05, 3.63) is 0 Å². The lowest BCUT2D eigenvalue weighted by molar-refractivity contribution is -0.122. The van der Waals surface area contributed by atoms with Crippen LogP contribution in [-0.4, -0.2) is 34.5 Å². The number of hydrogen-bond acceptors (Lipinski definition) is 4. The first kappa shape index (κ1) is 15.1. The predicted molar refractivity (Wildman–Crippen MR) is 75.0 cm³/mol. The highest BCUT2D eigenvalue weighted by Crippen LogP contribution is 2.27. The zero-order valence-corrected chi connectivity index (χ0v) is 11.8. The zero-order valence-electron chi connectivity index (χ0n) is 10.9. The van der Waals surface area contributed by atoms with E-state index in [1.165, 1.54) is 0 Å². The maximum Gasteiger partial charge on any atom is 0.221 e. The Labute approximate surface area is 113 Å². The summed E-state index contributed by atoms with van der Waals surface area (Å²) in [5.74, 6) is 0.915. The predicted octanol–water partition coefficient (Wildman–Crippen LogP) is 1.70. The van der Waals surface area contributed by atoms with Gasteiger partial charge in [-0.1, -0.05) is 30.8 Å². The number of nitrogens with two attached hydrogens (primary N) is 1. The lowest BCUT2D eigenvalue weighted by Crippen LogP contribution is -2.57. The van der Waals surface area contributed by atoms with Gasteiger partial charge in [-0.2, -0.15) is 11.8 Å². The highest BCUT2D eigenvalue weighted by Gasteiger charge is 2.36. The average molecular weight is 273 g/mol. The summed E-state index contributed by atoms with van der Waals surface area (Å²) in [6, 6.07) is 0. The van der Waals surface area contributed by atoms with Gasteiger partial charge in [-0.05, 0) is 19.1 Å². The quantitative estimate of drug-likeness (QED) is 0.234. The fraction of sp³-hybridized carbons (Fsp3) is 0.833. The van der Waals surface area contributed by atoms with Gasteiger partial charge in [-0.15, -0.1) is 0 Å². The second-order valence-electron chi connectivity index (χ2n) is 4.77. The molecule has 0 saturated heterocycles. The van der Waals surface area contributed by atoms with E-state index in [9.17, 15) is 4.79 Å². The molecule has 1 fully saturated rings. The molecule has 1 rings (SSSR count). The van der Waals surface area contributed by atoms with Crippen LogP contribution >= 0.6 is 11.8 Å². The number of oxime groups is 1. The summed E-state index contributed by atoms with van der Waals surface area (Å²) in [5, 5.41) is 15.1. The van der Waals surface area contributed by atoms with Gasteiger partial charge >= 0.3 is 0 Å². The molecule has 0 aromatic carbocycles. The van der Waals surface area contributed by atoms with Crippen molar-refractivity contribution in [2.24, 2.45) is 10.9 Å². The van der Waals surface area contributed by atoms with Crippen molar-refractivity contribution in [1.82, 2.24) is 5.32 Å². The Kier molecular flexibility index (Phi) is 6.32. The van der Waals surface area contributed by atoms with Gasteiger partial charge in [0.05, 0.1) is 0 Å². The molecule has 0 radical (unpaired) electrons. The van der Waals surface area contributed by atoms with E-state index in [4.69, 9.17) is 10.9 Å². The molecule has 18 heavy (non-hydrogen) atoms. The van der Waals surface area contributed by atoms with Gasteiger partial charge in [0, 0.05) is 12.2 Å². The van der Waals surface area contributed by atoms with Gasteiger partial charge in [0.25, 0.3) is 0 Å². The van der Waals surface area contributed by atoms with E-state index in [1.54, 1.807) is 11.8 Å². The molecule has 0 aromatic rings. The molecule has 0 bridgehead atoms. The highest BCUT2D eigenvalue weighted by molar-refractivity contribution is 7.98. The van der Waals surface area contributed by atoms with Gasteiger partial charge in [0.1, 0.15) is 5.54 Å². The first-order chi connectivity index (χ1) is 8.64. The number of rotatable bonds is 5. The van der Waals surface area contributed by atoms with Gasteiger partial charge in [-0.25, -0.2) is 0 Å². The Morgan fingerprint density at radius 1 is 1.39 bits per heavy atom. The molecule has 0 atom stereocenters. The van der Waals surface area contributed by atoms with E-state index >= 15 is 0 Å². The van der Waals surface area contributed by atoms with Crippen molar-refractivity contribution in [2.75, 3.05) is 12.0 Å². The minimum absolute atomic E-state index is 0.0159. The summed E-state index contributed by atoms with van der Waals surface area (Å²) in [6.07, 6.45) is 8.24. The number of nitrogens with zero attached hydrogens (tertiary/aromatic N) is 1. The second kappa shape index (κ2) is 7.51. The Morgan fingerprint density at radius 3 is 2.50 bits per heavy atom. The van der Waals surface area contributed by atoms with Crippen molar-refractivity contribution in [2.45, 2.75) is 50.5 Å². The van der Waals surface area contributed by atoms with Crippen molar-refractivity contribution in [1.29, 1.82) is 0 Å². The van der Waals surface area contributed by atoms with Crippen molar-refractivity contribution in [3.63, 3.8) is 0 Å². The summed E-state index contributed by atoms with van der Waals surface area (Å²) in [7, 11) is 0. The molecule has 0 heterocycles. The molecule has 0 unspecified atom stereocenters. The summed E-state index contributed by atoms with van der Waals surface area (Å²) in [4.78, 5) is 11.9. The molecule has 0 spiro atoms. The van der Waals surface area contributed by atoms with E-state index in [2.05, 4.69) is 10.5 Å². The number of carbonyl (C=O) groups excluding carboxylic acids is 1. The Hall–Kier alpha value is -0.910. The van der Waals surface area contributed by atoms with Crippen molar-refractivity contribution >= 4 is 23.5 Å². The van der Waals surface area contributed by atoms with Gasteiger partial charge < -0.3 is 16.3 Å². The molecule has 6 heteroatoms. The molecule has 104 valence electrons. The monoisotopic (exact) mass is 273 g/mol. The minimum atomic E-state index is -0.638. The molecule has 0 aliphatic heterocycles. The van der Waals surface area contributed by atoms with Gasteiger partial charge in [-0.3, -0.25) is 4.79 Å². The number of carbonyl (C=O) groups is 1. The third-order valence-corrected chi connectivity index (χ3v) is 4.08. The summed E-state index contributed by atoms with van der Waals surface area (Å²) < 4.78 is 0. The number of amides is 1. The average Bonchev–Trinajstić information content (AvgIpc) is 2.62. The SMILES string of the molecule is CSCCC(=O)NC1(/C(N)=N\O)CCCCCC1. The van der Waals surface area contributed by atoms with E-state index in [-0.39, 0.29) is 11.7 Å². The molecule has 5 nitrogen and oxygen atoms in total. The van der Waals surface area contributed by atoms with Crippen LogP contribution in [0.15, 0.2) is 5.16 Å². The molecule has 1 aliphatic carbocycles. The van der Waals surface area contributed by atoms with E-state index in [0.29, 0.717) is 6.42 Å². The number of amidine groups is 1. The Balaban J connectivity index is 2.73. The third kappa shape index (κ3) is 4.08. The van der Waals surface area contributed by atoms with E-state index < -0.39 is 5.54 Å². The molecule has 4 N–H and O–H groups in total. The molecule has 1 amide bonds. The summed E-state index contributed by atoms with van der Waals surface area (Å²) in [6.45, 7) is 0. The summed E-state index contributed by atoms with van der Waals surface area (Å²) in [5.41, 5.74) is 5.17.